The van der Waals surface area contributed by atoms with E-state index in [1.165, 1.54) is 5.75 Å². The van der Waals surface area contributed by atoms with Crippen LogP contribution in [0, 0.1) is 0 Å². The average Bonchev–Trinajstić information content (AvgIpc) is 2.30. The monoisotopic (exact) mass is 222 g/mol. The Morgan fingerprint density at radius 1 is 1.33 bits per heavy atom. The van der Waals surface area contributed by atoms with Gasteiger partial charge in [0.05, 0.1) is 5.69 Å². The number of benzene rings is 1. The highest BCUT2D eigenvalue weighted by Gasteiger charge is 1.94. The molecule has 0 aliphatic rings. The number of rotatable bonds is 6. The van der Waals surface area contributed by atoms with Crippen molar-refractivity contribution in [1.82, 2.24) is 0 Å². The number of nitrogens with zero attached hydrogens (tertiary/aromatic N) is 2. The van der Waals surface area contributed by atoms with Crippen LogP contribution in [0.2, 0.25) is 0 Å². The molecule has 0 radical (unpaired) electrons. The molecule has 0 fully saturated rings. The molecule has 0 saturated heterocycles. The predicted molar refractivity (Wildman–Crippen MR) is 71.0 cm³/mol. The van der Waals surface area contributed by atoms with E-state index in [4.69, 9.17) is 0 Å². The lowest BCUT2D eigenvalue weighted by Crippen LogP contribution is -2.08. The van der Waals surface area contributed by atoms with Gasteiger partial charge in [0, 0.05) is 13.3 Å². The molecule has 0 N–H and O–H groups in total. The highest BCUT2D eigenvalue weighted by atomic mass is 32.2. The Hall–Kier alpha value is -0.960. The lowest BCUT2D eigenvalue weighted by molar-refractivity contribution is 1.01. The number of para-hydroxylation sites is 1. The molecule has 0 spiro atoms. The van der Waals surface area contributed by atoms with Crippen LogP contribution in [-0.2, 0) is 0 Å². The summed E-state index contributed by atoms with van der Waals surface area (Å²) in [5, 5.41) is 6.26. The first-order valence-corrected chi connectivity index (χ1v) is 6.39. The van der Waals surface area contributed by atoms with Gasteiger partial charge in [0.1, 0.15) is 0 Å². The summed E-state index contributed by atoms with van der Waals surface area (Å²) in [4.78, 5) is 0. The summed E-state index contributed by atoms with van der Waals surface area (Å²) in [5.74, 6) is 2.34. The predicted octanol–water partition coefficient (Wildman–Crippen LogP) is 3.25. The Morgan fingerprint density at radius 2 is 2.07 bits per heavy atom. The van der Waals surface area contributed by atoms with Gasteiger partial charge in [-0.05, 0) is 30.1 Å². The van der Waals surface area contributed by atoms with E-state index in [1.807, 2.05) is 48.2 Å². The van der Waals surface area contributed by atoms with Crippen molar-refractivity contribution in [2.24, 2.45) is 5.10 Å². The lowest BCUT2D eigenvalue weighted by Gasteiger charge is -2.11. The summed E-state index contributed by atoms with van der Waals surface area (Å²) < 4.78 is 0. The van der Waals surface area contributed by atoms with Crippen LogP contribution in [0.4, 0.5) is 5.69 Å². The topological polar surface area (TPSA) is 15.6 Å². The number of hydrogen-bond acceptors (Lipinski definition) is 3. The van der Waals surface area contributed by atoms with Gasteiger partial charge in [-0.2, -0.15) is 16.9 Å². The SMILES string of the molecule is CCSCCC=NN(C)c1ccccc1. The maximum atomic E-state index is 4.36. The molecule has 1 aromatic carbocycles. The van der Waals surface area contributed by atoms with Crippen molar-refractivity contribution in [3.63, 3.8) is 0 Å². The Balaban J connectivity index is 2.32. The van der Waals surface area contributed by atoms with E-state index in [-0.39, 0.29) is 0 Å². The Kier molecular flexibility index (Phi) is 5.93. The third-order valence-electron chi connectivity index (χ3n) is 1.98. The minimum absolute atomic E-state index is 1.04. The van der Waals surface area contributed by atoms with Gasteiger partial charge in [0.15, 0.2) is 0 Å². The normalized spacial score (nSPS) is 10.8. The van der Waals surface area contributed by atoms with E-state index >= 15 is 0 Å². The number of hydrogen-bond donors (Lipinski definition) is 0. The first kappa shape index (κ1) is 12.1. The van der Waals surface area contributed by atoms with Crippen LogP contribution in [0.1, 0.15) is 13.3 Å². The van der Waals surface area contributed by atoms with Crippen LogP contribution < -0.4 is 5.01 Å². The summed E-state index contributed by atoms with van der Waals surface area (Å²) in [6.45, 7) is 2.18. The van der Waals surface area contributed by atoms with Crippen LogP contribution in [0.5, 0.6) is 0 Å². The number of hydrazone groups is 1. The summed E-state index contributed by atoms with van der Waals surface area (Å²) in [6.07, 6.45) is 3.02. The maximum Gasteiger partial charge on any atom is 0.0590 e. The molecule has 0 amide bonds. The quantitative estimate of drug-likeness (QED) is 0.417. The second-order valence-corrected chi connectivity index (χ2v) is 4.54. The van der Waals surface area contributed by atoms with Crippen molar-refractivity contribution in [2.45, 2.75) is 13.3 Å². The number of thioether (sulfide) groups is 1. The fraction of sp³-hybridized carbons (Fsp3) is 0.417. The van der Waals surface area contributed by atoms with E-state index in [0.29, 0.717) is 0 Å². The lowest BCUT2D eigenvalue weighted by atomic mass is 10.3. The molecular weight excluding hydrogens is 204 g/mol. The summed E-state index contributed by atoms with van der Waals surface area (Å²) in [5.41, 5.74) is 1.12. The molecule has 0 saturated carbocycles. The van der Waals surface area contributed by atoms with E-state index in [0.717, 1.165) is 17.9 Å². The largest absolute Gasteiger partial charge is 0.269 e. The zero-order chi connectivity index (χ0) is 10.9. The molecule has 0 aliphatic heterocycles. The van der Waals surface area contributed by atoms with Crippen molar-refractivity contribution < 1.29 is 0 Å². The fourth-order valence-corrected chi connectivity index (χ4v) is 1.73. The van der Waals surface area contributed by atoms with Gasteiger partial charge in [-0.3, -0.25) is 5.01 Å². The second-order valence-electron chi connectivity index (χ2n) is 3.14. The molecule has 0 bridgehead atoms. The minimum atomic E-state index is 1.04. The minimum Gasteiger partial charge on any atom is -0.269 e. The van der Waals surface area contributed by atoms with Crippen molar-refractivity contribution in [3.05, 3.63) is 30.3 Å². The Morgan fingerprint density at radius 3 is 2.73 bits per heavy atom. The van der Waals surface area contributed by atoms with Crippen LogP contribution in [0.25, 0.3) is 0 Å². The van der Waals surface area contributed by atoms with Crippen LogP contribution >= 0.6 is 11.8 Å². The zero-order valence-electron chi connectivity index (χ0n) is 9.39. The van der Waals surface area contributed by atoms with Gasteiger partial charge in [-0.25, -0.2) is 0 Å². The Bertz CT molecular complexity index is 285. The molecule has 0 unspecified atom stereocenters. The van der Waals surface area contributed by atoms with Gasteiger partial charge in [-0.1, -0.05) is 25.1 Å². The molecule has 0 heterocycles. The standard InChI is InChI=1S/C12H18N2S/c1-3-15-11-7-10-13-14(2)12-8-5-4-6-9-12/h4-6,8-10H,3,7,11H2,1-2H3. The van der Waals surface area contributed by atoms with E-state index in [1.54, 1.807) is 0 Å². The summed E-state index contributed by atoms with van der Waals surface area (Å²) in [7, 11) is 1.97. The van der Waals surface area contributed by atoms with E-state index < -0.39 is 0 Å². The Labute approximate surface area is 96.4 Å². The smallest absolute Gasteiger partial charge is 0.0590 e. The van der Waals surface area contributed by atoms with Crippen molar-refractivity contribution in [2.75, 3.05) is 23.6 Å². The molecule has 15 heavy (non-hydrogen) atoms. The molecule has 82 valence electrons. The zero-order valence-corrected chi connectivity index (χ0v) is 10.2. The van der Waals surface area contributed by atoms with E-state index in [9.17, 15) is 0 Å². The molecule has 1 aromatic rings. The number of anilines is 1. The molecule has 3 heteroatoms. The van der Waals surface area contributed by atoms with E-state index in [2.05, 4.69) is 24.2 Å². The van der Waals surface area contributed by atoms with Crippen molar-refractivity contribution in [3.8, 4) is 0 Å². The highest BCUT2D eigenvalue weighted by Crippen LogP contribution is 2.10. The molecular formula is C12H18N2S. The molecule has 0 atom stereocenters. The third-order valence-corrected chi connectivity index (χ3v) is 2.91. The van der Waals surface area contributed by atoms with Crippen molar-refractivity contribution >= 4 is 23.7 Å². The van der Waals surface area contributed by atoms with Gasteiger partial charge in [-0.15, -0.1) is 0 Å². The summed E-state index contributed by atoms with van der Waals surface area (Å²) >= 11 is 1.95. The van der Waals surface area contributed by atoms with Crippen LogP contribution in [-0.4, -0.2) is 24.8 Å². The fourth-order valence-electron chi connectivity index (χ4n) is 1.17. The molecule has 1 rings (SSSR count). The average molecular weight is 222 g/mol. The second kappa shape index (κ2) is 7.35. The highest BCUT2D eigenvalue weighted by molar-refractivity contribution is 7.99. The van der Waals surface area contributed by atoms with Crippen molar-refractivity contribution in [1.29, 1.82) is 0 Å². The maximum absolute atomic E-state index is 4.36. The van der Waals surface area contributed by atoms with Gasteiger partial charge >= 0.3 is 0 Å². The third kappa shape index (κ3) is 4.88. The molecule has 0 aromatic heterocycles. The summed E-state index contributed by atoms with van der Waals surface area (Å²) in [6, 6.07) is 10.2. The first-order chi connectivity index (χ1) is 7.34. The molecule has 0 aliphatic carbocycles. The van der Waals surface area contributed by atoms with Gasteiger partial charge in [0.2, 0.25) is 0 Å². The van der Waals surface area contributed by atoms with Gasteiger partial charge in [0.25, 0.3) is 0 Å². The van der Waals surface area contributed by atoms with Crippen LogP contribution in [0.15, 0.2) is 35.4 Å². The van der Waals surface area contributed by atoms with Gasteiger partial charge < -0.3 is 0 Å². The molecule has 2 nitrogen and oxygen atoms in total. The first-order valence-electron chi connectivity index (χ1n) is 5.23. The van der Waals surface area contributed by atoms with Crippen LogP contribution in [0.3, 0.4) is 0 Å².